The summed E-state index contributed by atoms with van der Waals surface area (Å²) in [7, 11) is 6.43. The quantitative estimate of drug-likeness (QED) is 0.00418. The SMILES string of the molecule is COCC(C)N.COCC(C)NC(=O)c1cc(-c2ccc(C)cc2)cc([N+](=O)[O-])c1.COCC(C)NC(=O)c1cc(I)cc(-c2ccc(C)cc2)c1.COCC(C)NC(=O)c1cc(N)cc(-c2ccc(C)cc2)c1.CSOOOO.Cc1ccc(-c2cc(C(=O)O)cc([N+](=O)[O-])c2)cc1.O=C(O)c1cc(I)cc([N+](=O)[O-])c1.O=C(O)c1cccc([N+](=O)[O-])c1. The van der Waals surface area contributed by atoms with Gasteiger partial charge in [-0.05, 0) is 216 Å². The molecule has 660 valence electrons. The summed E-state index contributed by atoms with van der Waals surface area (Å²) in [5, 5.41) is 91.1. The van der Waals surface area contributed by atoms with Crippen LogP contribution in [0.25, 0.3) is 44.5 Å². The monoisotopic (exact) mass is 1950 g/mol. The molecule has 0 saturated heterocycles. The topological polar surface area (TPSA) is 509 Å². The van der Waals surface area contributed by atoms with Gasteiger partial charge in [-0.1, -0.05) is 125 Å². The molecule has 0 aromatic heterocycles. The molecule has 11 N–H and O–H groups in total. The Hall–Kier alpha value is -12.1. The summed E-state index contributed by atoms with van der Waals surface area (Å²) in [6, 6.07) is 59.5. The molecular weight excluding hydrogens is 1860 g/mol. The zero-order valence-electron chi connectivity index (χ0n) is 69.8. The molecule has 0 spiro atoms. The maximum absolute atomic E-state index is 12.4. The molecule has 34 nitrogen and oxygen atoms in total. The lowest BCUT2D eigenvalue weighted by Crippen LogP contribution is -2.35. The first kappa shape index (κ1) is 106. The number of non-ortho nitro benzene ring substituents is 4. The van der Waals surface area contributed by atoms with Crippen molar-refractivity contribution in [3.05, 3.63) is 316 Å². The Kier molecular flexibility index (Phi) is 47.7. The van der Waals surface area contributed by atoms with Crippen LogP contribution in [0.5, 0.6) is 0 Å². The number of anilines is 1. The Morgan fingerprint density at radius 2 is 0.677 bits per heavy atom. The van der Waals surface area contributed by atoms with Gasteiger partial charge in [-0.15, -0.1) is 4.33 Å². The van der Waals surface area contributed by atoms with Crippen LogP contribution in [0.4, 0.5) is 28.4 Å². The number of nitrogens with one attached hydrogen (secondary N) is 3. The molecule has 0 radical (unpaired) electrons. The summed E-state index contributed by atoms with van der Waals surface area (Å²) < 4.78 is 25.2. The molecule has 10 aromatic rings. The fourth-order valence-corrected chi connectivity index (χ4v) is 11.9. The Labute approximate surface area is 746 Å². The van der Waals surface area contributed by atoms with Crippen LogP contribution < -0.4 is 27.4 Å². The van der Waals surface area contributed by atoms with E-state index < -0.39 is 37.6 Å². The van der Waals surface area contributed by atoms with E-state index in [0.717, 1.165) is 78.3 Å². The number of methoxy groups -OCH3 is 4. The maximum Gasteiger partial charge on any atom is 0.335 e. The molecule has 124 heavy (non-hydrogen) atoms. The number of nitrogens with two attached hydrogens (primary N) is 2. The van der Waals surface area contributed by atoms with Gasteiger partial charge in [0.05, 0.1) is 62.8 Å². The highest BCUT2D eigenvalue weighted by atomic mass is 127. The van der Waals surface area contributed by atoms with Gasteiger partial charge in [-0.25, -0.2) is 19.6 Å². The fourth-order valence-electron chi connectivity index (χ4n) is 10.5. The van der Waals surface area contributed by atoms with Crippen molar-refractivity contribution >= 4 is 121 Å². The van der Waals surface area contributed by atoms with E-state index in [1.165, 1.54) is 65.7 Å². The number of carboxylic acid groups (broad SMARTS) is 3. The third-order valence-corrected chi connectivity index (χ3v) is 17.7. The number of nitro groups is 4. The average Bonchev–Trinajstić information content (AvgIpc) is 0.831. The number of nitrogens with zero attached hydrogens (tertiary/aromatic N) is 4. The fraction of sp³-hybridized carbons (Fsp3) is 0.241. The highest BCUT2D eigenvalue weighted by molar-refractivity contribution is 14.1. The van der Waals surface area contributed by atoms with Crippen LogP contribution in [-0.4, -0.2) is 161 Å². The highest BCUT2D eigenvalue weighted by Crippen LogP contribution is 2.31. The van der Waals surface area contributed by atoms with Crippen LogP contribution in [-0.2, 0) is 33.4 Å². The maximum atomic E-state index is 12.4. The Balaban J connectivity index is 0.000000378. The highest BCUT2D eigenvalue weighted by Gasteiger charge is 2.21. The van der Waals surface area contributed by atoms with Crippen molar-refractivity contribution < 1.29 is 102 Å². The van der Waals surface area contributed by atoms with Crippen LogP contribution in [0.15, 0.2) is 212 Å². The molecule has 0 aliphatic rings. The second-order valence-corrected chi connectivity index (χ2v) is 30.0. The van der Waals surface area contributed by atoms with Gasteiger partial charge in [0.15, 0.2) is 0 Å². The summed E-state index contributed by atoms with van der Waals surface area (Å²) >= 11 is 4.99. The number of halogens is 2. The summed E-state index contributed by atoms with van der Waals surface area (Å²) in [6.07, 6.45) is 1.61. The van der Waals surface area contributed by atoms with E-state index in [-0.39, 0.29) is 86.9 Å². The van der Waals surface area contributed by atoms with Gasteiger partial charge in [0.2, 0.25) is 0 Å². The van der Waals surface area contributed by atoms with Gasteiger partial charge < -0.3 is 61.7 Å². The third-order valence-electron chi connectivity index (χ3n) is 16.3. The molecule has 0 fully saturated rings. The van der Waals surface area contributed by atoms with E-state index in [4.69, 9.17) is 46.3 Å². The number of rotatable bonds is 28. The van der Waals surface area contributed by atoms with Crippen LogP contribution >= 0.6 is 57.2 Å². The predicted molar refractivity (Wildman–Crippen MR) is 488 cm³/mol. The van der Waals surface area contributed by atoms with Crippen molar-refractivity contribution in [3.63, 3.8) is 0 Å². The van der Waals surface area contributed by atoms with Crippen molar-refractivity contribution in [1.29, 1.82) is 0 Å². The van der Waals surface area contributed by atoms with Crippen molar-refractivity contribution in [2.75, 3.05) is 66.9 Å². The molecule has 3 amide bonds. The number of nitro benzene ring substituents is 4. The minimum atomic E-state index is -1.18. The third kappa shape index (κ3) is 39.8. The molecule has 4 atom stereocenters. The van der Waals surface area contributed by atoms with E-state index in [0.29, 0.717) is 57.9 Å². The molecule has 0 aliphatic carbocycles. The van der Waals surface area contributed by atoms with Crippen LogP contribution in [0.1, 0.15) is 112 Å². The van der Waals surface area contributed by atoms with Gasteiger partial charge in [-0.3, -0.25) is 54.8 Å². The first-order valence-electron chi connectivity index (χ1n) is 37.0. The molecule has 0 saturated carbocycles. The molecular formula is C87H97I2N9O25S. The van der Waals surface area contributed by atoms with Crippen molar-refractivity contribution in [3.8, 4) is 44.5 Å². The number of carbonyl (C=O) groups is 6. The molecule has 10 aromatic carbocycles. The Morgan fingerprint density at radius 3 is 0.992 bits per heavy atom. The first-order chi connectivity index (χ1) is 58.6. The lowest BCUT2D eigenvalue weighted by molar-refractivity contribution is -0.591. The smallest absolute Gasteiger partial charge is 0.335 e. The molecule has 4 unspecified atom stereocenters. The number of hydrogen-bond donors (Lipinski definition) is 9. The summed E-state index contributed by atoms with van der Waals surface area (Å²) in [6.45, 7) is 17.5. The van der Waals surface area contributed by atoms with Gasteiger partial charge >= 0.3 is 17.9 Å². The van der Waals surface area contributed by atoms with Crippen molar-refractivity contribution in [1.82, 2.24) is 16.0 Å². The largest absolute Gasteiger partial charge is 0.478 e. The minimum absolute atomic E-state index is 0.0156. The number of carboxylic acids is 3. The summed E-state index contributed by atoms with van der Waals surface area (Å²) in [4.78, 5) is 109. The summed E-state index contributed by atoms with van der Waals surface area (Å²) in [5.41, 5.74) is 23.7. The van der Waals surface area contributed by atoms with Gasteiger partial charge in [-0.2, -0.15) is 0 Å². The Bertz CT molecular complexity index is 4980. The van der Waals surface area contributed by atoms with E-state index >= 15 is 0 Å². The zero-order valence-corrected chi connectivity index (χ0v) is 74.9. The standard InChI is InChI=1S/C18H20INO2.C18H20N2O4.C18H22N2O2.C14H11NO4.C7H4INO4.C7H5NO4.C4H11NO.CH4O4S/c1-12-4-6-14(7-5-12)15-8-16(10-17(19)9-15)18(21)20-13(2)11-22-3;1-12-4-6-14(7-5-12)15-8-16(10-17(9-15)20(22)23)18(21)19-13(2)11-24-3;1-12-4-6-14(7-5-12)15-8-16(10-17(19)9-15)18(21)20-13(2)11-22-3;1-9-2-4-10(5-3-9)11-6-12(14(16)17)8-13(7-11)15(18)19;8-5-1-4(7(10)11)2-6(3-5)9(12)13;9-7(10)5-2-1-3-6(4-5)8(11)12;1-4(5)3-6-2;1-6-5-4-3-2/h4-10,13H,11H2,1-3H3,(H,20,21);4-10,13H,11H2,1-3H3,(H,19,21);4-10,13H,11,19H2,1-3H3,(H,20,21);2-8H,1H3,(H,16,17);1-3H,(H,10,11);1-4H,(H,9,10);4H,3,5H2,1-2H3;2H,1H3. The van der Waals surface area contributed by atoms with Gasteiger partial charge in [0.1, 0.15) is 0 Å². The number of ether oxygens (including phenoxy) is 4. The first-order valence-corrected chi connectivity index (χ1v) is 40.3. The van der Waals surface area contributed by atoms with E-state index in [2.05, 4.69) is 94.9 Å². The second kappa shape index (κ2) is 55.8. The number of hydrogen-bond acceptors (Lipinski definition) is 25. The molecule has 37 heteroatoms. The second-order valence-electron chi connectivity index (χ2n) is 27.1. The number of benzene rings is 10. The normalized spacial score (nSPS) is 11.1. The lowest BCUT2D eigenvalue weighted by Gasteiger charge is -2.14. The van der Waals surface area contributed by atoms with Crippen LogP contribution in [0.2, 0.25) is 0 Å². The van der Waals surface area contributed by atoms with Gasteiger partial charge in [0, 0.05) is 149 Å². The number of aromatic carboxylic acids is 3. The molecule has 0 aliphatic heterocycles. The van der Waals surface area contributed by atoms with E-state index in [9.17, 15) is 69.2 Å². The summed E-state index contributed by atoms with van der Waals surface area (Å²) in [5.74, 6) is -4.10. The van der Waals surface area contributed by atoms with Crippen molar-refractivity contribution in [2.24, 2.45) is 5.73 Å². The minimum Gasteiger partial charge on any atom is -0.478 e. The van der Waals surface area contributed by atoms with E-state index in [1.54, 1.807) is 65.9 Å². The Morgan fingerprint density at radius 1 is 0.387 bits per heavy atom. The van der Waals surface area contributed by atoms with Crippen LogP contribution in [0, 0.1) is 75.3 Å². The van der Waals surface area contributed by atoms with Gasteiger partial charge in [0.25, 0.3) is 40.5 Å². The van der Waals surface area contributed by atoms with Crippen molar-refractivity contribution in [2.45, 2.75) is 79.6 Å². The van der Waals surface area contributed by atoms with Crippen LogP contribution in [0.3, 0.4) is 0 Å². The molecule has 10 rings (SSSR count). The molecule has 0 bridgehead atoms. The molecule has 0 heterocycles. The predicted octanol–water partition coefficient (Wildman–Crippen LogP) is 17.4. The average molecular weight is 1950 g/mol. The lowest BCUT2D eigenvalue weighted by atomic mass is 10.0. The number of aryl methyl sites for hydroxylation is 4. The zero-order chi connectivity index (χ0) is 92.9. The number of amides is 3. The number of carbonyl (C=O) groups excluding carboxylic acids is 3. The van der Waals surface area contributed by atoms with E-state index in [1.807, 2.05) is 149 Å². The number of nitrogen functional groups attached to an aromatic ring is 1.